The minimum absolute atomic E-state index is 0.408. The lowest BCUT2D eigenvalue weighted by Gasteiger charge is -2.16. The maximum absolute atomic E-state index is 11.0. The summed E-state index contributed by atoms with van der Waals surface area (Å²) in [6.07, 6.45) is 4.01. The van der Waals surface area contributed by atoms with Crippen LogP contribution >= 0.6 is 23.2 Å². The topological polar surface area (TPSA) is 47.8 Å². The molecule has 0 fully saturated rings. The van der Waals surface area contributed by atoms with Gasteiger partial charge in [0, 0.05) is 12.4 Å². The molecule has 2 aromatic heterocycles. The van der Waals surface area contributed by atoms with Gasteiger partial charge in [0.1, 0.15) is 23.2 Å². The normalized spacial score (nSPS) is 11.6. The van der Waals surface area contributed by atoms with Gasteiger partial charge in [0.2, 0.25) is 0 Å². The standard InChI is InChI=1S/C12H11Cl2N3O/c1-12(2,7-18)17-6-9(14)11(16-17)10-8(13)4-3-5-15-10/h3-7H,1-2H3. The van der Waals surface area contributed by atoms with Gasteiger partial charge in [-0.15, -0.1) is 0 Å². The third-order valence-corrected chi connectivity index (χ3v) is 3.11. The number of hydrogen-bond donors (Lipinski definition) is 0. The van der Waals surface area contributed by atoms with Gasteiger partial charge in [-0.2, -0.15) is 5.10 Å². The number of halogens is 2. The van der Waals surface area contributed by atoms with Crippen LogP contribution in [0.1, 0.15) is 13.8 Å². The fraction of sp³-hybridized carbons (Fsp3) is 0.250. The molecule has 0 aliphatic rings. The molecule has 0 unspecified atom stereocenters. The maximum atomic E-state index is 11.0. The summed E-state index contributed by atoms with van der Waals surface area (Å²) >= 11 is 12.2. The zero-order valence-electron chi connectivity index (χ0n) is 9.89. The number of hydrogen-bond acceptors (Lipinski definition) is 3. The summed E-state index contributed by atoms with van der Waals surface area (Å²) in [6, 6.07) is 3.44. The molecule has 0 bridgehead atoms. The fourth-order valence-electron chi connectivity index (χ4n) is 1.42. The van der Waals surface area contributed by atoms with Gasteiger partial charge in [-0.1, -0.05) is 23.2 Å². The Hall–Kier alpha value is -1.39. The second kappa shape index (κ2) is 4.71. The number of nitrogens with zero attached hydrogens (tertiary/aromatic N) is 3. The van der Waals surface area contributed by atoms with Gasteiger partial charge in [0.25, 0.3) is 0 Å². The Morgan fingerprint density at radius 3 is 2.61 bits per heavy atom. The van der Waals surface area contributed by atoms with Gasteiger partial charge in [0.05, 0.1) is 10.0 Å². The third-order valence-electron chi connectivity index (χ3n) is 2.53. The van der Waals surface area contributed by atoms with Gasteiger partial charge in [-0.25, -0.2) is 0 Å². The van der Waals surface area contributed by atoms with Crippen LogP contribution in [0.25, 0.3) is 11.4 Å². The van der Waals surface area contributed by atoms with Gasteiger partial charge < -0.3 is 4.79 Å². The summed E-state index contributed by atoms with van der Waals surface area (Å²) in [6.45, 7) is 3.49. The summed E-state index contributed by atoms with van der Waals surface area (Å²) in [5.74, 6) is 0. The number of pyridine rings is 1. The molecule has 0 spiro atoms. The molecule has 0 saturated carbocycles. The van der Waals surface area contributed by atoms with Crippen LogP contribution < -0.4 is 0 Å². The summed E-state index contributed by atoms with van der Waals surface area (Å²) in [5.41, 5.74) is 0.213. The Balaban J connectivity index is 2.55. The molecule has 0 aromatic carbocycles. The van der Waals surface area contributed by atoms with E-state index in [1.54, 1.807) is 38.4 Å². The lowest BCUT2D eigenvalue weighted by molar-refractivity contribution is -0.114. The molecule has 0 aliphatic heterocycles. The first-order chi connectivity index (χ1) is 8.45. The average Bonchev–Trinajstić information content (AvgIpc) is 2.73. The molecule has 0 aliphatic carbocycles. The highest BCUT2D eigenvalue weighted by Crippen LogP contribution is 2.31. The number of aromatic nitrogens is 3. The van der Waals surface area contributed by atoms with Crippen LogP contribution in [0.2, 0.25) is 10.0 Å². The lowest BCUT2D eigenvalue weighted by atomic mass is 10.1. The second-order valence-electron chi connectivity index (χ2n) is 4.38. The molecule has 94 valence electrons. The van der Waals surface area contributed by atoms with Gasteiger partial charge in [0.15, 0.2) is 0 Å². The summed E-state index contributed by atoms with van der Waals surface area (Å²) in [5, 5.41) is 5.16. The first-order valence-corrected chi connectivity index (χ1v) is 6.04. The summed E-state index contributed by atoms with van der Waals surface area (Å²) in [4.78, 5) is 15.2. The predicted molar refractivity (Wildman–Crippen MR) is 70.9 cm³/mol. The Morgan fingerprint density at radius 2 is 2.00 bits per heavy atom. The smallest absolute Gasteiger partial charge is 0.147 e. The average molecular weight is 284 g/mol. The summed E-state index contributed by atoms with van der Waals surface area (Å²) < 4.78 is 1.50. The summed E-state index contributed by atoms with van der Waals surface area (Å²) in [7, 11) is 0. The van der Waals surface area contributed by atoms with Crippen molar-refractivity contribution in [2.75, 3.05) is 0 Å². The Kier molecular flexibility index (Phi) is 3.41. The molecule has 2 aromatic rings. The minimum atomic E-state index is -0.761. The zero-order valence-corrected chi connectivity index (χ0v) is 11.4. The molecule has 0 saturated heterocycles. The molecule has 6 heteroatoms. The first kappa shape index (κ1) is 13.1. The van der Waals surface area contributed by atoms with Crippen molar-refractivity contribution in [3.05, 3.63) is 34.6 Å². The maximum Gasteiger partial charge on any atom is 0.147 e. The highest BCUT2D eigenvalue weighted by Gasteiger charge is 2.23. The number of carbonyl (C=O) groups excluding carboxylic acids is 1. The Labute approximate surface area is 115 Å². The van der Waals surface area contributed by atoms with E-state index in [2.05, 4.69) is 10.1 Å². The monoisotopic (exact) mass is 283 g/mol. The number of rotatable bonds is 3. The van der Waals surface area contributed by atoms with Crippen molar-refractivity contribution in [1.82, 2.24) is 14.8 Å². The van der Waals surface area contributed by atoms with Crippen LogP contribution in [0.4, 0.5) is 0 Å². The van der Waals surface area contributed by atoms with E-state index in [0.29, 0.717) is 21.4 Å². The van der Waals surface area contributed by atoms with Crippen molar-refractivity contribution in [2.45, 2.75) is 19.4 Å². The van der Waals surface area contributed by atoms with E-state index in [1.807, 2.05) is 0 Å². The third kappa shape index (κ3) is 2.26. The molecular formula is C12H11Cl2N3O. The van der Waals surface area contributed by atoms with Crippen molar-refractivity contribution in [1.29, 1.82) is 0 Å². The quantitative estimate of drug-likeness (QED) is 0.813. The number of aldehydes is 1. The molecular weight excluding hydrogens is 273 g/mol. The van der Waals surface area contributed by atoms with Crippen LogP contribution in [-0.4, -0.2) is 21.1 Å². The predicted octanol–water partition coefficient (Wildman–Crippen LogP) is 3.19. The van der Waals surface area contributed by atoms with Crippen LogP contribution in [0.15, 0.2) is 24.5 Å². The minimum Gasteiger partial charge on any atom is -0.301 e. The van der Waals surface area contributed by atoms with Crippen LogP contribution in [0.3, 0.4) is 0 Å². The molecule has 0 atom stereocenters. The Bertz CT molecular complexity index is 593. The van der Waals surface area contributed by atoms with E-state index in [1.165, 1.54) is 4.68 Å². The van der Waals surface area contributed by atoms with Crippen molar-refractivity contribution in [3.63, 3.8) is 0 Å². The molecule has 0 N–H and O–H groups in total. The zero-order chi connectivity index (χ0) is 13.3. The van der Waals surface area contributed by atoms with Gasteiger partial charge >= 0.3 is 0 Å². The second-order valence-corrected chi connectivity index (χ2v) is 5.19. The highest BCUT2D eigenvalue weighted by molar-refractivity contribution is 6.35. The van der Waals surface area contributed by atoms with Gasteiger partial charge in [-0.3, -0.25) is 9.67 Å². The van der Waals surface area contributed by atoms with E-state index in [4.69, 9.17) is 23.2 Å². The van der Waals surface area contributed by atoms with E-state index >= 15 is 0 Å². The van der Waals surface area contributed by atoms with Gasteiger partial charge in [-0.05, 0) is 26.0 Å². The molecule has 2 heterocycles. The highest BCUT2D eigenvalue weighted by atomic mass is 35.5. The van der Waals surface area contributed by atoms with E-state index in [9.17, 15) is 4.79 Å². The molecule has 2 rings (SSSR count). The van der Waals surface area contributed by atoms with Crippen LogP contribution in [0.5, 0.6) is 0 Å². The molecule has 4 nitrogen and oxygen atoms in total. The van der Waals surface area contributed by atoms with E-state index in [-0.39, 0.29) is 0 Å². The molecule has 18 heavy (non-hydrogen) atoms. The van der Waals surface area contributed by atoms with Crippen molar-refractivity contribution < 1.29 is 4.79 Å². The van der Waals surface area contributed by atoms with Crippen LogP contribution in [0, 0.1) is 0 Å². The first-order valence-electron chi connectivity index (χ1n) is 5.28. The lowest BCUT2D eigenvalue weighted by Crippen LogP contribution is -2.28. The molecule has 0 amide bonds. The Morgan fingerprint density at radius 1 is 1.28 bits per heavy atom. The van der Waals surface area contributed by atoms with Crippen molar-refractivity contribution in [3.8, 4) is 11.4 Å². The largest absolute Gasteiger partial charge is 0.301 e. The van der Waals surface area contributed by atoms with Crippen LogP contribution in [-0.2, 0) is 10.3 Å². The fourth-order valence-corrected chi connectivity index (χ4v) is 1.85. The van der Waals surface area contributed by atoms with E-state index in [0.717, 1.165) is 6.29 Å². The van der Waals surface area contributed by atoms with Crippen molar-refractivity contribution >= 4 is 29.5 Å². The number of carbonyl (C=O) groups is 1. The molecule has 0 radical (unpaired) electrons. The van der Waals surface area contributed by atoms with E-state index < -0.39 is 5.54 Å². The SMILES string of the molecule is CC(C)(C=O)n1cc(Cl)c(-c2ncccc2Cl)n1. The van der Waals surface area contributed by atoms with Crippen molar-refractivity contribution in [2.24, 2.45) is 0 Å².